The minimum Gasteiger partial charge on any atom is -0.495 e. The van der Waals surface area contributed by atoms with Crippen molar-refractivity contribution in [2.24, 2.45) is 0 Å². The molecule has 0 saturated carbocycles. The number of hydrogen-bond donors (Lipinski definition) is 0. The molecule has 0 atom stereocenters. The Morgan fingerprint density at radius 2 is 1.79 bits per heavy atom. The first-order valence-corrected chi connectivity index (χ1v) is 8.85. The predicted molar refractivity (Wildman–Crippen MR) is 103 cm³/mol. The third kappa shape index (κ3) is 4.07. The minimum absolute atomic E-state index is 0.597. The number of hydrogen-bond acceptors (Lipinski definition) is 3. The summed E-state index contributed by atoms with van der Waals surface area (Å²) in [4.78, 5) is 5.59. The number of rotatable bonds is 4. The van der Waals surface area contributed by atoms with Crippen LogP contribution in [0.3, 0.4) is 0 Å². The van der Waals surface area contributed by atoms with Crippen molar-refractivity contribution in [2.45, 2.75) is 6.54 Å². The highest BCUT2D eigenvalue weighted by molar-refractivity contribution is 7.80. The van der Waals surface area contributed by atoms with Crippen molar-refractivity contribution < 1.29 is 4.74 Å². The molecule has 126 valence electrons. The molecule has 1 aliphatic rings. The zero-order valence-corrected chi connectivity index (χ0v) is 15.3. The summed E-state index contributed by atoms with van der Waals surface area (Å²) in [5.41, 5.74) is 2.34. The fraction of sp³-hybridized carbons (Fsp3) is 0.316. The first kappa shape index (κ1) is 17.2. The Bertz CT molecular complexity index is 700. The summed E-state index contributed by atoms with van der Waals surface area (Å²) in [5, 5.41) is 0.597. The quantitative estimate of drug-likeness (QED) is 0.769. The molecular weight excluding hydrogens is 340 g/mol. The average Bonchev–Trinajstić information content (AvgIpc) is 2.62. The highest BCUT2D eigenvalue weighted by Crippen LogP contribution is 2.26. The fourth-order valence-corrected chi connectivity index (χ4v) is 3.50. The van der Waals surface area contributed by atoms with Crippen molar-refractivity contribution in [3.05, 3.63) is 64.7 Å². The third-order valence-electron chi connectivity index (χ3n) is 4.31. The van der Waals surface area contributed by atoms with Crippen molar-refractivity contribution in [3.63, 3.8) is 0 Å². The summed E-state index contributed by atoms with van der Waals surface area (Å²) in [6.07, 6.45) is 0. The Labute approximate surface area is 153 Å². The number of halogens is 1. The fourth-order valence-electron chi connectivity index (χ4n) is 2.93. The van der Waals surface area contributed by atoms with Crippen LogP contribution in [0.1, 0.15) is 11.1 Å². The van der Waals surface area contributed by atoms with E-state index >= 15 is 0 Å². The van der Waals surface area contributed by atoms with Crippen LogP contribution in [0.4, 0.5) is 0 Å². The van der Waals surface area contributed by atoms with Crippen LogP contribution in [0.25, 0.3) is 0 Å². The van der Waals surface area contributed by atoms with Crippen LogP contribution < -0.4 is 4.74 Å². The molecule has 0 bridgehead atoms. The Kier molecular flexibility index (Phi) is 5.72. The zero-order chi connectivity index (χ0) is 16.9. The van der Waals surface area contributed by atoms with Gasteiger partial charge in [0.05, 0.1) is 12.1 Å². The maximum atomic E-state index is 6.21. The Balaban J connectivity index is 1.58. The van der Waals surface area contributed by atoms with Crippen LogP contribution in [-0.2, 0) is 6.54 Å². The monoisotopic (exact) mass is 360 g/mol. The maximum Gasteiger partial charge on any atom is 0.137 e. The number of thiocarbonyl (C=S) groups is 1. The van der Waals surface area contributed by atoms with Crippen molar-refractivity contribution in [3.8, 4) is 5.75 Å². The molecule has 0 amide bonds. The summed E-state index contributed by atoms with van der Waals surface area (Å²) in [6.45, 7) is 4.90. The lowest BCUT2D eigenvalue weighted by Crippen LogP contribution is -2.48. The summed E-state index contributed by atoms with van der Waals surface area (Å²) in [6, 6.07) is 16.3. The van der Waals surface area contributed by atoms with Crippen LogP contribution in [0.15, 0.2) is 48.5 Å². The summed E-state index contributed by atoms with van der Waals surface area (Å²) in [5.74, 6) is 0.677. The number of nitrogens with zero attached hydrogens (tertiary/aromatic N) is 2. The maximum absolute atomic E-state index is 6.21. The second kappa shape index (κ2) is 7.97. The number of piperazine rings is 1. The molecule has 1 heterocycles. The van der Waals surface area contributed by atoms with Gasteiger partial charge in [0.1, 0.15) is 10.7 Å². The van der Waals surface area contributed by atoms with E-state index in [1.807, 2.05) is 18.2 Å². The van der Waals surface area contributed by atoms with Gasteiger partial charge < -0.3 is 9.64 Å². The SMILES string of the molecule is COc1ccc(C(=S)N2CCN(Cc3ccccc3)CC2)cc1Cl. The van der Waals surface area contributed by atoms with E-state index in [0.29, 0.717) is 10.8 Å². The third-order valence-corrected chi connectivity index (χ3v) is 5.10. The number of benzene rings is 2. The normalized spacial score (nSPS) is 15.3. The molecule has 5 heteroatoms. The van der Waals surface area contributed by atoms with E-state index in [0.717, 1.165) is 43.3 Å². The molecule has 3 rings (SSSR count). The molecule has 1 fully saturated rings. The lowest BCUT2D eigenvalue weighted by Gasteiger charge is -2.36. The second-order valence-corrected chi connectivity index (χ2v) is 6.70. The first-order chi connectivity index (χ1) is 11.7. The molecular formula is C19H21ClN2OS. The summed E-state index contributed by atoms with van der Waals surface area (Å²) >= 11 is 11.9. The van der Waals surface area contributed by atoms with Gasteiger partial charge in [0, 0.05) is 38.3 Å². The van der Waals surface area contributed by atoms with Crippen LogP contribution >= 0.6 is 23.8 Å². The van der Waals surface area contributed by atoms with E-state index in [9.17, 15) is 0 Å². The zero-order valence-electron chi connectivity index (χ0n) is 13.7. The molecule has 1 saturated heterocycles. The van der Waals surface area contributed by atoms with Gasteiger partial charge in [0.25, 0.3) is 0 Å². The largest absolute Gasteiger partial charge is 0.495 e. The van der Waals surface area contributed by atoms with Crippen molar-refractivity contribution >= 4 is 28.8 Å². The Morgan fingerprint density at radius 1 is 1.08 bits per heavy atom. The van der Waals surface area contributed by atoms with E-state index in [1.165, 1.54) is 5.56 Å². The molecule has 0 spiro atoms. The standard InChI is InChI=1S/C19H21ClN2OS/c1-23-18-8-7-16(13-17(18)20)19(24)22-11-9-21(10-12-22)14-15-5-3-2-4-6-15/h2-8,13H,9-12,14H2,1H3. The number of methoxy groups -OCH3 is 1. The molecule has 2 aromatic rings. The smallest absolute Gasteiger partial charge is 0.137 e. The van der Waals surface area contributed by atoms with Gasteiger partial charge in [-0.1, -0.05) is 54.2 Å². The Hall–Kier alpha value is -1.62. The van der Waals surface area contributed by atoms with Gasteiger partial charge in [0.2, 0.25) is 0 Å². The van der Waals surface area contributed by atoms with Crippen molar-refractivity contribution in [2.75, 3.05) is 33.3 Å². The second-order valence-electron chi connectivity index (χ2n) is 5.90. The highest BCUT2D eigenvalue weighted by atomic mass is 35.5. The van der Waals surface area contributed by atoms with Gasteiger partial charge >= 0.3 is 0 Å². The molecule has 0 N–H and O–H groups in total. The van der Waals surface area contributed by atoms with Crippen LogP contribution in [0.5, 0.6) is 5.75 Å². The molecule has 24 heavy (non-hydrogen) atoms. The van der Waals surface area contributed by atoms with Gasteiger partial charge in [-0.25, -0.2) is 0 Å². The van der Waals surface area contributed by atoms with Crippen molar-refractivity contribution in [1.82, 2.24) is 9.80 Å². The lowest BCUT2D eigenvalue weighted by atomic mass is 10.1. The highest BCUT2D eigenvalue weighted by Gasteiger charge is 2.20. The van der Waals surface area contributed by atoms with E-state index < -0.39 is 0 Å². The molecule has 1 aliphatic heterocycles. The van der Waals surface area contributed by atoms with Crippen LogP contribution in [0, 0.1) is 0 Å². The van der Waals surface area contributed by atoms with Gasteiger partial charge in [-0.2, -0.15) is 0 Å². The van der Waals surface area contributed by atoms with Gasteiger partial charge in [-0.3, -0.25) is 4.90 Å². The first-order valence-electron chi connectivity index (χ1n) is 8.06. The van der Waals surface area contributed by atoms with E-state index in [2.05, 4.69) is 40.1 Å². The summed E-state index contributed by atoms with van der Waals surface area (Å²) in [7, 11) is 1.62. The molecule has 0 radical (unpaired) electrons. The van der Waals surface area contributed by atoms with E-state index in [-0.39, 0.29) is 0 Å². The molecule has 3 nitrogen and oxygen atoms in total. The molecule has 0 aromatic heterocycles. The minimum atomic E-state index is 0.597. The van der Waals surface area contributed by atoms with Gasteiger partial charge in [-0.15, -0.1) is 0 Å². The Morgan fingerprint density at radius 3 is 2.42 bits per heavy atom. The summed E-state index contributed by atoms with van der Waals surface area (Å²) < 4.78 is 5.20. The number of ether oxygens (including phenoxy) is 1. The molecule has 0 unspecified atom stereocenters. The van der Waals surface area contributed by atoms with Gasteiger partial charge in [0.15, 0.2) is 0 Å². The van der Waals surface area contributed by atoms with E-state index in [1.54, 1.807) is 7.11 Å². The van der Waals surface area contributed by atoms with Crippen LogP contribution in [0.2, 0.25) is 5.02 Å². The van der Waals surface area contributed by atoms with Gasteiger partial charge in [-0.05, 0) is 23.8 Å². The molecule has 2 aromatic carbocycles. The lowest BCUT2D eigenvalue weighted by molar-refractivity contribution is 0.177. The molecule has 0 aliphatic carbocycles. The average molecular weight is 361 g/mol. The van der Waals surface area contributed by atoms with Crippen molar-refractivity contribution in [1.29, 1.82) is 0 Å². The predicted octanol–water partition coefficient (Wildman–Crippen LogP) is 3.84. The topological polar surface area (TPSA) is 15.7 Å². The van der Waals surface area contributed by atoms with E-state index in [4.69, 9.17) is 28.6 Å². The van der Waals surface area contributed by atoms with Crippen LogP contribution in [-0.4, -0.2) is 48.1 Å².